The van der Waals surface area contributed by atoms with E-state index in [2.05, 4.69) is 40.0 Å². The van der Waals surface area contributed by atoms with Crippen LogP contribution in [0.5, 0.6) is 0 Å². The number of imidazole rings is 1. The summed E-state index contributed by atoms with van der Waals surface area (Å²) < 4.78 is 7.13. The number of hydrogen-bond donors (Lipinski definition) is 3. The van der Waals surface area contributed by atoms with Gasteiger partial charge in [0.1, 0.15) is 24.6 Å². The number of aliphatic hydroxyl groups excluding tert-OH is 2. The van der Waals surface area contributed by atoms with Gasteiger partial charge in [-0.2, -0.15) is 0 Å². The Morgan fingerprint density at radius 1 is 1.33 bits per heavy atom. The zero-order valence-corrected chi connectivity index (χ0v) is 13.4. The predicted octanol–water partition coefficient (Wildman–Crippen LogP) is 0.289. The molecule has 2 unspecified atom stereocenters. The van der Waals surface area contributed by atoms with E-state index in [-0.39, 0.29) is 5.41 Å². The van der Waals surface area contributed by atoms with Crippen molar-refractivity contribution in [1.29, 1.82) is 0 Å². The molecule has 1 aliphatic carbocycles. The van der Waals surface area contributed by atoms with Crippen molar-refractivity contribution < 1.29 is 14.9 Å². The van der Waals surface area contributed by atoms with Gasteiger partial charge in [-0.25, -0.2) is 15.0 Å². The van der Waals surface area contributed by atoms with Crippen molar-refractivity contribution >= 4 is 17.0 Å². The maximum absolute atomic E-state index is 10.2. The van der Waals surface area contributed by atoms with E-state index in [1.165, 1.54) is 12.7 Å². The van der Waals surface area contributed by atoms with Crippen molar-refractivity contribution in [1.82, 2.24) is 19.5 Å². The summed E-state index contributed by atoms with van der Waals surface area (Å²) in [7, 11) is 0. The van der Waals surface area contributed by atoms with Crippen molar-refractivity contribution in [2.24, 2.45) is 5.41 Å². The summed E-state index contributed by atoms with van der Waals surface area (Å²) >= 11 is 0. The molecule has 3 heterocycles. The molecule has 4 rings (SSSR count). The number of nitrogens with zero attached hydrogens (tertiary/aromatic N) is 4. The van der Waals surface area contributed by atoms with Crippen LogP contribution in [0.15, 0.2) is 12.7 Å². The van der Waals surface area contributed by atoms with Crippen LogP contribution in [0, 0.1) is 17.8 Å². The fourth-order valence-corrected chi connectivity index (χ4v) is 3.05. The summed E-state index contributed by atoms with van der Waals surface area (Å²) in [5.41, 5.74) is 1.35. The first-order valence-electron chi connectivity index (χ1n) is 7.84. The Hall–Kier alpha value is -2.21. The van der Waals surface area contributed by atoms with Crippen LogP contribution >= 0.6 is 0 Å². The molecule has 0 spiro atoms. The predicted molar refractivity (Wildman–Crippen MR) is 85.9 cm³/mol. The molecule has 2 aromatic heterocycles. The molecule has 0 bridgehead atoms. The van der Waals surface area contributed by atoms with Gasteiger partial charge in [0.2, 0.25) is 0 Å². The molecule has 1 saturated carbocycles. The molecule has 8 heteroatoms. The monoisotopic (exact) mass is 329 g/mol. The van der Waals surface area contributed by atoms with Crippen LogP contribution in [0.3, 0.4) is 0 Å². The lowest BCUT2D eigenvalue weighted by Crippen LogP contribution is -2.30. The molecule has 0 radical (unpaired) electrons. The number of ether oxygens (including phenoxy) is 1. The number of nitrogens with one attached hydrogen (secondary N) is 1. The maximum Gasteiger partial charge on any atom is 0.167 e. The van der Waals surface area contributed by atoms with Crippen LogP contribution in [0.2, 0.25) is 0 Å². The average molecular weight is 329 g/mol. The highest BCUT2D eigenvalue weighted by molar-refractivity contribution is 5.83. The smallest absolute Gasteiger partial charge is 0.167 e. The van der Waals surface area contributed by atoms with Crippen LogP contribution in [-0.2, 0) is 4.74 Å². The first-order chi connectivity index (χ1) is 11.4. The van der Waals surface area contributed by atoms with E-state index in [0.29, 0.717) is 23.0 Å². The Morgan fingerprint density at radius 2 is 2.08 bits per heavy atom. The summed E-state index contributed by atoms with van der Waals surface area (Å²) in [6.07, 6.45) is 5.33. The molecular weight excluding hydrogens is 310 g/mol. The second-order valence-electron chi connectivity index (χ2n) is 7.03. The van der Waals surface area contributed by atoms with Gasteiger partial charge < -0.3 is 20.3 Å². The number of hydrogen-bond acceptors (Lipinski definition) is 7. The minimum absolute atomic E-state index is 0.245. The maximum atomic E-state index is 10.2. The number of terminal acetylenes is 1. The van der Waals surface area contributed by atoms with E-state index in [0.717, 1.165) is 6.42 Å². The van der Waals surface area contributed by atoms with Gasteiger partial charge >= 0.3 is 0 Å². The van der Waals surface area contributed by atoms with E-state index in [1.807, 2.05) is 0 Å². The molecule has 2 aliphatic rings. The molecule has 2 fully saturated rings. The van der Waals surface area contributed by atoms with Gasteiger partial charge in [-0.05, 0) is 11.8 Å². The molecule has 2 aromatic rings. The SMILES string of the molecule is C#C[C@H]1OC(n2cnc3c(N[C@@H]4CC4(C)C)ncnc32)C(O)[C@@H]1O. The number of aliphatic hydroxyl groups is 2. The van der Waals surface area contributed by atoms with Gasteiger partial charge in [0.05, 0.1) is 6.33 Å². The molecule has 1 aliphatic heterocycles. The molecule has 8 nitrogen and oxygen atoms in total. The van der Waals surface area contributed by atoms with Gasteiger partial charge in [0, 0.05) is 6.04 Å². The molecule has 0 amide bonds. The minimum Gasteiger partial charge on any atom is -0.386 e. The molecular formula is C16H19N5O3. The summed E-state index contributed by atoms with van der Waals surface area (Å²) in [5, 5.41) is 23.5. The van der Waals surface area contributed by atoms with E-state index >= 15 is 0 Å². The number of fused-ring (bicyclic) bond motifs is 1. The summed E-state index contributed by atoms with van der Waals surface area (Å²) in [5.74, 6) is 2.98. The van der Waals surface area contributed by atoms with Crippen molar-refractivity contribution in [3.63, 3.8) is 0 Å². The highest BCUT2D eigenvalue weighted by Crippen LogP contribution is 2.46. The zero-order valence-electron chi connectivity index (χ0n) is 13.4. The first-order valence-corrected chi connectivity index (χ1v) is 7.84. The molecule has 0 aromatic carbocycles. The zero-order chi connectivity index (χ0) is 17.1. The van der Waals surface area contributed by atoms with Crippen LogP contribution in [0.1, 0.15) is 26.5 Å². The third kappa shape index (κ3) is 2.24. The van der Waals surface area contributed by atoms with Crippen LogP contribution in [-0.4, -0.2) is 54.1 Å². The summed E-state index contributed by atoms with van der Waals surface area (Å²) in [6, 6.07) is 0.349. The quantitative estimate of drug-likeness (QED) is 0.695. The van der Waals surface area contributed by atoms with Gasteiger partial charge in [-0.1, -0.05) is 19.8 Å². The summed E-state index contributed by atoms with van der Waals surface area (Å²) in [6.45, 7) is 4.37. The van der Waals surface area contributed by atoms with E-state index in [1.54, 1.807) is 4.57 Å². The van der Waals surface area contributed by atoms with Crippen molar-refractivity contribution in [2.45, 2.75) is 50.8 Å². The Morgan fingerprint density at radius 3 is 2.71 bits per heavy atom. The normalized spacial score (nSPS) is 34.2. The second-order valence-corrected chi connectivity index (χ2v) is 7.03. The topological polar surface area (TPSA) is 105 Å². The molecule has 1 saturated heterocycles. The number of rotatable bonds is 3. The average Bonchev–Trinajstić information content (AvgIpc) is 2.87. The highest BCUT2D eigenvalue weighted by atomic mass is 16.6. The molecule has 24 heavy (non-hydrogen) atoms. The van der Waals surface area contributed by atoms with Crippen LogP contribution < -0.4 is 5.32 Å². The Kier molecular flexibility index (Phi) is 3.28. The van der Waals surface area contributed by atoms with Gasteiger partial charge in [0.15, 0.2) is 23.2 Å². The number of anilines is 1. The standard InChI is InChI=1S/C16H19N5O3/c1-4-8-11(22)12(23)15(24-8)21-7-19-10-13(17-6-18-14(10)21)20-9-5-16(9,2)3/h1,6-9,11-12,15,22-23H,5H2,2-3H3,(H,17,18,20)/t8-,9-,11-,12?,15?/m1/s1. The lowest BCUT2D eigenvalue weighted by molar-refractivity contribution is -0.0230. The van der Waals surface area contributed by atoms with E-state index < -0.39 is 24.5 Å². The largest absolute Gasteiger partial charge is 0.386 e. The molecule has 5 atom stereocenters. The third-order valence-electron chi connectivity index (χ3n) is 4.86. The Labute approximate surface area is 138 Å². The first kappa shape index (κ1) is 15.3. The lowest BCUT2D eigenvalue weighted by atomic mass is 10.1. The fraction of sp³-hybridized carbons (Fsp3) is 0.562. The lowest BCUT2D eigenvalue weighted by Gasteiger charge is -2.16. The molecule has 3 N–H and O–H groups in total. The Balaban J connectivity index is 1.68. The fourth-order valence-electron chi connectivity index (χ4n) is 3.05. The van der Waals surface area contributed by atoms with Gasteiger partial charge in [-0.15, -0.1) is 6.42 Å². The second kappa shape index (κ2) is 5.14. The van der Waals surface area contributed by atoms with Crippen LogP contribution in [0.4, 0.5) is 5.82 Å². The van der Waals surface area contributed by atoms with Gasteiger partial charge in [0.25, 0.3) is 0 Å². The van der Waals surface area contributed by atoms with Gasteiger partial charge in [-0.3, -0.25) is 4.57 Å². The van der Waals surface area contributed by atoms with E-state index in [9.17, 15) is 10.2 Å². The highest BCUT2D eigenvalue weighted by Gasteiger charge is 2.46. The third-order valence-corrected chi connectivity index (χ3v) is 4.86. The molecule has 126 valence electrons. The minimum atomic E-state index is -1.16. The van der Waals surface area contributed by atoms with Crippen molar-refractivity contribution in [3.05, 3.63) is 12.7 Å². The van der Waals surface area contributed by atoms with Crippen LogP contribution in [0.25, 0.3) is 11.2 Å². The van der Waals surface area contributed by atoms with E-state index in [4.69, 9.17) is 11.2 Å². The van der Waals surface area contributed by atoms with Crippen molar-refractivity contribution in [3.8, 4) is 12.3 Å². The number of aromatic nitrogens is 4. The van der Waals surface area contributed by atoms with Crippen molar-refractivity contribution in [2.75, 3.05) is 5.32 Å². The summed E-state index contributed by atoms with van der Waals surface area (Å²) in [4.78, 5) is 12.9. The Bertz CT molecular complexity index is 827.